The number of anilines is 1. The Balaban J connectivity index is 1.90. The summed E-state index contributed by atoms with van der Waals surface area (Å²) in [5, 5.41) is 12.7. The summed E-state index contributed by atoms with van der Waals surface area (Å²) in [4.78, 5) is 0. The van der Waals surface area contributed by atoms with Crippen LogP contribution in [0.25, 0.3) is 0 Å². The Bertz CT molecular complexity index is 574. The molecule has 3 nitrogen and oxygen atoms in total. The van der Waals surface area contributed by atoms with E-state index in [2.05, 4.69) is 29.4 Å². The number of nitrogens with one attached hydrogen (secondary N) is 1. The molecule has 2 rings (SSSR count). The number of benzene rings is 1. The SMILES string of the molecule is CC(C)CNc1nnc(SCc2ccc(F)cc2Cl)s1. The molecule has 0 saturated heterocycles. The topological polar surface area (TPSA) is 37.8 Å². The van der Waals surface area contributed by atoms with E-state index in [9.17, 15) is 4.39 Å². The Morgan fingerprint density at radius 1 is 1.40 bits per heavy atom. The second-order valence-electron chi connectivity index (χ2n) is 4.67. The van der Waals surface area contributed by atoms with E-state index in [1.165, 1.54) is 23.5 Å². The van der Waals surface area contributed by atoms with Crippen molar-refractivity contribution in [3.05, 3.63) is 34.6 Å². The molecule has 0 aliphatic heterocycles. The number of thioether (sulfide) groups is 1. The third-order valence-electron chi connectivity index (χ3n) is 2.43. The molecule has 1 heterocycles. The van der Waals surface area contributed by atoms with Gasteiger partial charge >= 0.3 is 0 Å². The largest absolute Gasteiger partial charge is 0.360 e. The van der Waals surface area contributed by atoms with E-state index in [1.54, 1.807) is 17.8 Å². The lowest BCUT2D eigenvalue weighted by molar-refractivity contribution is 0.627. The van der Waals surface area contributed by atoms with Gasteiger partial charge in [0.1, 0.15) is 5.82 Å². The molecular weight excluding hydrogens is 317 g/mol. The Morgan fingerprint density at radius 2 is 2.20 bits per heavy atom. The maximum absolute atomic E-state index is 12.9. The third kappa shape index (κ3) is 4.61. The van der Waals surface area contributed by atoms with Crippen molar-refractivity contribution in [2.45, 2.75) is 23.9 Å². The molecular formula is C13H15ClFN3S2. The third-order valence-corrected chi connectivity index (χ3v) is 4.85. The van der Waals surface area contributed by atoms with Crippen LogP contribution in [0.5, 0.6) is 0 Å². The smallest absolute Gasteiger partial charge is 0.206 e. The molecule has 0 unspecified atom stereocenters. The van der Waals surface area contributed by atoms with Crippen molar-refractivity contribution in [2.75, 3.05) is 11.9 Å². The van der Waals surface area contributed by atoms with Crippen LogP contribution >= 0.6 is 34.7 Å². The van der Waals surface area contributed by atoms with E-state index in [-0.39, 0.29) is 5.82 Å². The minimum atomic E-state index is -0.320. The van der Waals surface area contributed by atoms with Gasteiger partial charge in [0.25, 0.3) is 0 Å². The average Bonchev–Trinajstić information content (AvgIpc) is 2.83. The van der Waals surface area contributed by atoms with Crippen molar-refractivity contribution in [2.24, 2.45) is 5.92 Å². The predicted molar refractivity (Wildman–Crippen MR) is 84.2 cm³/mol. The minimum absolute atomic E-state index is 0.320. The zero-order valence-electron chi connectivity index (χ0n) is 11.2. The lowest BCUT2D eigenvalue weighted by Crippen LogP contribution is -2.07. The average molecular weight is 332 g/mol. The number of hydrogen-bond acceptors (Lipinski definition) is 5. The maximum Gasteiger partial charge on any atom is 0.206 e. The highest BCUT2D eigenvalue weighted by Crippen LogP contribution is 2.30. The highest BCUT2D eigenvalue weighted by atomic mass is 35.5. The summed E-state index contributed by atoms with van der Waals surface area (Å²) in [6, 6.07) is 4.44. The highest BCUT2D eigenvalue weighted by molar-refractivity contribution is 8.00. The normalized spacial score (nSPS) is 11.1. The van der Waals surface area contributed by atoms with Gasteiger partial charge in [0.15, 0.2) is 4.34 Å². The first-order chi connectivity index (χ1) is 9.54. The molecule has 20 heavy (non-hydrogen) atoms. The monoisotopic (exact) mass is 331 g/mol. The van der Waals surface area contributed by atoms with Gasteiger partial charge in [-0.1, -0.05) is 54.6 Å². The molecule has 0 spiro atoms. The highest BCUT2D eigenvalue weighted by Gasteiger charge is 2.07. The standard InChI is InChI=1S/C13H15ClFN3S2/c1-8(2)6-16-12-17-18-13(20-12)19-7-9-3-4-10(15)5-11(9)14/h3-5,8H,6-7H2,1-2H3,(H,16,17). The molecule has 0 radical (unpaired) electrons. The molecule has 0 aliphatic carbocycles. The Kier molecular flexibility index (Phi) is 5.63. The first kappa shape index (κ1) is 15.5. The Hall–Kier alpha value is -0.850. The molecule has 0 aliphatic rings. The molecule has 0 fully saturated rings. The Labute approximate surface area is 131 Å². The molecule has 108 valence electrons. The van der Waals surface area contributed by atoms with Crippen LogP contribution in [0.1, 0.15) is 19.4 Å². The van der Waals surface area contributed by atoms with Crippen LogP contribution in [0.4, 0.5) is 9.52 Å². The van der Waals surface area contributed by atoms with E-state index in [0.29, 0.717) is 16.7 Å². The summed E-state index contributed by atoms with van der Waals surface area (Å²) in [5.74, 6) is 0.894. The lowest BCUT2D eigenvalue weighted by Gasteiger charge is -2.03. The van der Waals surface area contributed by atoms with E-state index in [1.807, 2.05) is 0 Å². The lowest BCUT2D eigenvalue weighted by atomic mass is 10.2. The predicted octanol–water partition coefficient (Wildman–Crippen LogP) is 4.69. The summed E-state index contributed by atoms with van der Waals surface area (Å²) in [7, 11) is 0. The van der Waals surface area contributed by atoms with Crippen molar-refractivity contribution >= 4 is 39.8 Å². The molecule has 0 atom stereocenters. The number of rotatable bonds is 6. The van der Waals surface area contributed by atoms with Crippen LogP contribution in [0.3, 0.4) is 0 Å². The number of halogens is 2. The number of hydrogen-bond donors (Lipinski definition) is 1. The fraction of sp³-hybridized carbons (Fsp3) is 0.385. The van der Waals surface area contributed by atoms with Crippen molar-refractivity contribution < 1.29 is 4.39 Å². The van der Waals surface area contributed by atoms with Crippen molar-refractivity contribution in [3.63, 3.8) is 0 Å². The quantitative estimate of drug-likeness (QED) is 0.779. The molecule has 1 aromatic carbocycles. The van der Waals surface area contributed by atoms with E-state index < -0.39 is 0 Å². The van der Waals surface area contributed by atoms with Crippen LogP contribution in [0.2, 0.25) is 5.02 Å². The van der Waals surface area contributed by atoms with Gasteiger partial charge in [-0.25, -0.2) is 4.39 Å². The van der Waals surface area contributed by atoms with Gasteiger partial charge in [-0.15, -0.1) is 10.2 Å². The number of nitrogens with zero attached hydrogens (tertiary/aromatic N) is 2. The van der Waals surface area contributed by atoms with Crippen LogP contribution in [0.15, 0.2) is 22.5 Å². The van der Waals surface area contributed by atoms with Crippen molar-refractivity contribution in [1.82, 2.24) is 10.2 Å². The second kappa shape index (κ2) is 7.24. The molecule has 1 N–H and O–H groups in total. The maximum atomic E-state index is 12.9. The van der Waals surface area contributed by atoms with E-state index >= 15 is 0 Å². The molecule has 7 heteroatoms. The Morgan fingerprint density at radius 3 is 2.90 bits per heavy atom. The fourth-order valence-corrected chi connectivity index (χ4v) is 3.49. The molecule has 0 saturated carbocycles. The van der Waals surface area contributed by atoms with Crippen LogP contribution in [0, 0.1) is 11.7 Å². The van der Waals surface area contributed by atoms with E-state index in [4.69, 9.17) is 11.6 Å². The van der Waals surface area contributed by atoms with Gasteiger partial charge in [-0.2, -0.15) is 0 Å². The first-order valence-electron chi connectivity index (χ1n) is 6.18. The van der Waals surface area contributed by atoms with Gasteiger partial charge in [0, 0.05) is 17.3 Å². The summed E-state index contributed by atoms with van der Waals surface area (Å²) >= 11 is 9.05. The summed E-state index contributed by atoms with van der Waals surface area (Å²) in [6.07, 6.45) is 0. The van der Waals surface area contributed by atoms with Gasteiger partial charge in [-0.05, 0) is 23.6 Å². The van der Waals surface area contributed by atoms with E-state index in [0.717, 1.165) is 21.6 Å². The van der Waals surface area contributed by atoms with Crippen molar-refractivity contribution in [3.8, 4) is 0 Å². The van der Waals surface area contributed by atoms with Gasteiger partial charge in [-0.3, -0.25) is 0 Å². The van der Waals surface area contributed by atoms with Crippen molar-refractivity contribution in [1.29, 1.82) is 0 Å². The fourth-order valence-electron chi connectivity index (χ4n) is 1.41. The molecule has 0 amide bonds. The summed E-state index contributed by atoms with van der Waals surface area (Å²) < 4.78 is 13.8. The van der Waals surface area contributed by atoms with Gasteiger partial charge < -0.3 is 5.32 Å². The van der Waals surface area contributed by atoms with Gasteiger partial charge in [0.05, 0.1) is 0 Å². The van der Waals surface area contributed by atoms with Gasteiger partial charge in [0.2, 0.25) is 5.13 Å². The van der Waals surface area contributed by atoms with Crippen LogP contribution in [-0.4, -0.2) is 16.7 Å². The van der Waals surface area contributed by atoms with Crippen LogP contribution in [-0.2, 0) is 5.75 Å². The molecule has 0 bridgehead atoms. The number of aromatic nitrogens is 2. The minimum Gasteiger partial charge on any atom is -0.360 e. The molecule has 1 aromatic heterocycles. The summed E-state index contributed by atoms with van der Waals surface area (Å²) in [6.45, 7) is 5.16. The first-order valence-corrected chi connectivity index (χ1v) is 8.36. The molecule has 2 aromatic rings. The zero-order valence-corrected chi connectivity index (χ0v) is 13.6. The van der Waals surface area contributed by atoms with Crippen LogP contribution < -0.4 is 5.32 Å². The zero-order chi connectivity index (χ0) is 14.5. The summed E-state index contributed by atoms with van der Waals surface area (Å²) in [5.41, 5.74) is 0.893. The second-order valence-corrected chi connectivity index (χ2v) is 7.28.